The van der Waals surface area contributed by atoms with Crippen LogP contribution in [0.2, 0.25) is 0 Å². The van der Waals surface area contributed by atoms with E-state index in [0.29, 0.717) is 34.1 Å². The van der Waals surface area contributed by atoms with Crippen LogP contribution in [-0.2, 0) is 4.74 Å². The molecule has 1 N–H and O–H groups in total. The topological polar surface area (TPSA) is 83.5 Å². The Labute approximate surface area is 217 Å². The molecule has 10 heteroatoms. The van der Waals surface area contributed by atoms with E-state index in [9.17, 15) is 9.18 Å². The third-order valence-corrected chi connectivity index (χ3v) is 7.30. The minimum atomic E-state index is -0.377. The standard InChI is InChI=1S/C25H26FIN6O2/c1-25(27)8-10-32(15-25)22-21(19(7-9-28-22)18-5-3-4-6-20(18)26)31-23(34)16-11-29-24(30-12-16)33-13-17(14-33)35-2/h3-7,9,11-12,17H,8,10,13-15H2,1-2H3,(H,31,34). The van der Waals surface area contributed by atoms with Crippen molar-refractivity contribution in [1.82, 2.24) is 15.0 Å². The van der Waals surface area contributed by atoms with Crippen molar-refractivity contribution in [3.05, 3.63) is 60.3 Å². The molecule has 3 aromatic rings. The van der Waals surface area contributed by atoms with Gasteiger partial charge in [-0.25, -0.2) is 19.3 Å². The van der Waals surface area contributed by atoms with Crippen molar-refractivity contribution in [1.29, 1.82) is 0 Å². The Morgan fingerprint density at radius 2 is 1.89 bits per heavy atom. The molecule has 35 heavy (non-hydrogen) atoms. The molecule has 2 fully saturated rings. The molecule has 1 amide bonds. The number of anilines is 3. The zero-order valence-electron chi connectivity index (χ0n) is 19.5. The number of hydrogen-bond acceptors (Lipinski definition) is 7. The number of alkyl halides is 1. The van der Waals surface area contributed by atoms with Crippen LogP contribution in [0.15, 0.2) is 48.9 Å². The Kier molecular flexibility index (Phi) is 6.58. The summed E-state index contributed by atoms with van der Waals surface area (Å²) in [6, 6.07) is 8.27. The van der Waals surface area contributed by atoms with Gasteiger partial charge in [0.25, 0.3) is 5.91 Å². The second-order valence-corrected chi connectivity index (χ2v) is 11.7. The maximum atomic E-state index is 14.8. The van der Waals surface area contributed by atoms with Gasteiger partial charge in [-0.15, -0.1) is 0 Å². The van der Waals surface area contributed by atoms with Crippen molar-refractivity contribution in [2.75, 3.05) is 48.4 Å². The smallest absolute Gasteiger partial charge is 0.258 e. The van der Waals surface area contributed by atoms with Gasteiger partial charge in [-0.05, 0) is 25.5 Å². The van der Waals surface area contributed by atoms with Gasteiger partial charge in [0.05, 0.1) is 17.4 Å². The van der Waals surface area contributed by atoms with Crippen LogP contribution >= 0.6 is 22.6 Å². The molecule has 0 spiro atoms. The molecule has 8 nitrogen and oxygen atoms in total. The first-order valence-electron chi connectivity index (χ1n) is 11.4. The summed E-state index contributed by atoms with van der Waals surface area (Å²) < 4.78 is 20.2. The van der Waals surface area contributed by atoms with E-state index in [1.807, 2.05) is 4.90 Å². The maximum absolute atomic E-state index is 14.8. The quantitative estimate of drug-likeness (QED) is 0.342. The first kappa shape index (κ1) is 23.9. The summed E-state index contributed by atoms with van der Waals surface area (Å²) in [5.74, 6) is 0.445. The SMILES string of the molecule is COC1CN(c2ncc(C(=O)Nc3c(-c4ccccc4F)ccnc3N3CCC(C)(I)C3)cn2)C1. The van der Waals surface area contributed by atoms with Gasteiger partial charge in [-0.3, -0.25) is 4.79 Å². The predicted octanol–water partition coefficient (Wildman–Crippen LogP) is 4.17. The van der Waals surface area contributed by atoms with Crippen molar-refractivity contribution >= 4 is 46.0 Å². The third-order valence-electron chi connectivity index (χ3n) is 6.42. The lowest BCUT2D eigenvalue weighted by atomic mass is 10.0. The monoisotopic (exact) mass is 588 g/mol. The number of hydrogen-bond donors (Lipinski definition) is 1. The van der Waals surface area contributed by atoms with E-state index in [0.717, 1.165) is 32.6 Å². The fraction of sp³-hybridized carbons (Fsp3) is 0.360. The number of ether oxygens (including phenoxy) is 1. The zero-order chi connectivity index (χ0) is 24.6. The van der Waals surface area contributed by atoms with Gasteiger partial charge in [0, 0.05) is 66.4 Å². The fourth-order valence-electron chi connectivity index (χ4n) is 4.36. The summed E-state index contributed by atoms with van der Waals surface area (Å²) in [7, 11) is 1.68. The van der Waals surface area contributed by atoms with Gasteiger partial charge < -0.3 is 19.9 Å². The van der Waals surface area contributed by atoms with Crippen molar-refractivity contribution in [3.8, 4) is 11.1 Å². The number of benzene rings is 1. The largest absolute Gasteiger partial charge is 0.378 e. The molecule has 1 unspecified atom stereocenters. The molecule has 2 aliphatic heterocycles. The molecule has 0 saturated carbocycles. The summed E-state index contributed by atoms with van der Waals surface area (Å²) in [5.41, 5.74) is 1.77. The second-order valence-electron chi connectivity index (χ2n) is 9.11. The Balaban J connectivity index is 1.46. The molecule has 2 saturated heterocycles. The number of halogens is 2. The van der Waals surface area contributed by atoms with Gasteiger partial charge in [-0.1, -0.05) is 40.8 Å². The van der Waals surface area contributed by atoms with Gasteiger partial charge in [0.15, 0.2) is 5.82 Å². The van der Waals surface area contributed by atoms with E-state index in [1.165, 1.54) is 18.5 Å². The first-order valence-corrected chi connectivity index (χ1v) is 12.5. The number of pyridine rings is 1. The van der Waals surface area contributed by atoms with E-state index in [4.69, 9.17) is 4.74 Å². The molecule has 0 radical (unpaired) electrons. The summed E-state index contributed by atoms with van der Waals surface area (Å²) in [5, 5.41) is 2.99. The van der Waals surface area contributed by atoms with Gasteiger partial charge in [0.2, 0.25) is 5.95 Å². The van der Waals surface area contributed by atoms with Crippen molar-refractivity contribution in [2.45, 2.75) is 22.9 Å². The molecule has 0 bridgehead atoms. The number of nitrogens with zero attached hydrogens (tertiary/aromatic N) is 5. The van der Waals surface area contributed by atoms with Crippen molar-refractivity contribution < 1.29 is 13.9 Å². The zero-order valence-corrected chi connectivity index (χ0v) is 21.7. The first-order chi connectivity index (χ1) is 16.8. The van der Waals surface area contributed by atoms with Crippen LogP contribution in [0.25, 0.3) is 11.1 Å². The number of carbonyl (C=O) groups is 1. The molecule has 1 aromatic carbocycles. The average Bonchev–Trinajstić information content (AvgIpc) is 3.19. The molecule has 1 atom stereocenters. The minimum Gasteiger partial charge on any atom is -0.378 e. The normalized spacial score (nSPS) is 20.1. The summed E-state index contributed by atoms with van der Waals surface area (Å²) in [6.07, 6.45) is 5.84. The summed E-state index contributed by atoms with van der Waals surface area (Å²) >= 11 is 2.45. The Morgan fingerprint density at radius 1 is 1.14 bits per heavy atom. The van der Waals surface area contributed by atoms with Crippen LogP contribution in [0.5, 0.6) is 0 Å². The van der Waals surface area contributed by atoms with Gasteiger partial charge >= 0.3 is 0 Å². The number of methoxy groups -OCH3 is 1. The average molecular weight is 588 g/mol. The number of rotatable bonds is 6. The summed E-state index contributed by atoms with van der Waals surface area (Å²) in [4.78, 5) is 30.7. The molecule has 2 aromatic heterocycles. The summed E-state index contributed by atoms with van der Waals surface area (Å²) in [6.45, 7) is 5.21. The lowest BCUT2D eigenvalue weighted by Crippen LogP contribution is -2.52. The molecular weight excluding hydrogens is 562 g/mol. The molecule has 4 heterocycles. The highest BCUT2D eigenvalue weighted by Crippen LogP contribution is 2.40. The van der Waals surface area contributed by atoms with E-state index < -0.39 is 0 Å². The van der Waals surface area contributed by atoms with E-state index in [1.54, 1.807) is 37.6 Å². The lowest BCUT2D eigenvalue weighted by molar-refractivity contribution is 0.0778. The van der Waals surface area contributed by atoms with Crippen LogP contribution < -0.4 is 15.1 Å². The van der Waals surface area contributed by atoms with Crippen LogP contribution in [0.4, 0.5) is 21.8 Å². The number of amides is 1. The molecular formula is C25H26FIN6O2. The van der Waals surface area contributed by atoms with Crippen LogP contribution in [0.3, 0.4) is 0 Å². The van der Waals surface area contributed by atoms with E-state index >= 15 is 0 Å². The van der Waals surface area contributed by atoms with Gasteiger partial charge in [-0.2, -0.15) is 0 Å². The highest BCUT2D eigenvalue weighted by Gasteiger charge is 2.34. The maximum Gasteiger partial charge on any atom is 0.258 e. The Bertz CT molecular complexity index is 1230. The van der Waals surface area contributed by atoms with Crippen molar-refractivity contribution in [2.24, 2.45) is 0 Å². The van der Waals surface area contributed by atoms with Crippen molar-refractivity contribution in [3.63, 3.8) is 0 Å². The van der Waals surface area contributed by atoms with Crippen LogP contribution in [0, 0.1) is 5.82 Å². The van der Waals surface area contributed by atoms with Gasteiger partial charge in [0.1, 0.15) is 5.82 Å². The number of carbonyl (C=O) groups excluding carboxylic acids is 1. The lowest BCUT2D eigenvalue weighted by Gasteiger charge is -2.37. The second kappa shape index (κ2) is 9.65. The molecule has 182 valence electrons. The number of nitrogens with one attached hydrogen (secondary N) is 1. The van der Waals surface area contributed by atoms with E-state index in [2.05, 4.69) is 54.7 Å². The third kappa shape index (κ3) is 4.94. The predicted molar refractivity (Wildman–Crippen MR) is 142 cm³/mol. The van der Waals surface area contributed by atoms with E-state index in [-0.39, 0.29) is 21.3 Å². The Hall–Kier alpha value is -2.86. The minimum absolute atomic E-state index is 0.0943. The number of aromatic nitrogens is 3. The van der Waals surface area contributed by atoms with Crippen LogP contribution in [-0.4, -0.2) is 63.7 Å². The Morgan fingerprint density at radius 3 is 2.54 bits per heavy atom. The van der Waals surface area contributed by atoms with Crippen LogP contribution in [0.1, 0.15) is 23.7 Å². The highest BCUT2D eigenvalue weighted by atomic mass is 127. The molecule has 2 aliphatic rings. The molecule has 0 aliphatic carbocycles. The molecule has 5 rings (SSSR count). The fourth-order valence-corrected chi connectivity index (χ4v) is 5.01. The highest BCUT2D eigenvalue weighted by molar-refractivity contribution is 14.1.